The van der Waals surface area contributed by atoms with Gasteiger partial charge in [0.25, 0.3) is 0 Å². The van der Waals surface area contributed by atoms with Crippen molar-refractivity contribution >= 4 is 22.5 Å². The van der Waals surface area contributed by atoms with Crippen LogP contribution in [0.2, 0.25) is 0 Å². The van der Waals surface area contributed by atoms with E-state index in [0.717, 1.165) is 28.7 Å². The normalized spacial score (nSPS) is 19.1. The summed E-state index contributed by atoms with van der Waals surface area (Å²) in [6, 6.07) is 7.97. The van der Waals surface area contributed by atoms with E-state index in [2.05, 4.69) is 11.6 Å². The number of rotatable bonds is 2. The van der Waals surface area contributed by atoms with Gasteiger partial charge in [-0.05, 0) is 30.7 Å². The van der Waals surface area contributed by atoms with Crippen LogP contribution in [0.1, 0.15) is 12.0 Å². The minimum atomic E-state index is 0.171. The van der Waals surface area contributed by atoms with Gasteiger partial charge in [-0.15, -0.1) is 6.58 Å². The van der Waals surface area contributed by atoms with Gasteiger partial charge in [-0.2, -0.15) is 0 Å². The van der Waals surface area contributed by atoms with E-state index in [1.165, 1.54) is 0 Å². The first-order valence-corrected chi connectivity index (χ1v) is 6.48. The molecular weight excluding hydrogens is 236 g/mol. The Morgan fingerprint density at radius 1 is 1.42 bits per heavy atom. The van der Waals surface area contributed by atoms with Crippen molar-refractivity contribution < 1.29 is 4.79 Å². The fourth-order valence-corrected chi connectivity index (χ4v) is 2.71. The molecule has 1 aliphatic rings. The Bertz CT molecular complexity index is 663. The van der Waals surface area contributed by atoms with Crippen LogP contribution in [0, 0.1) is 12.8 Å². The standard InChI is InChI=1S/C16H16N2O/c1-3-12-9-15(19)18(10-12)16-11(2)6-7-14-13(16)5-4-8-17-14/h3-8,12H,1,9-10H2,2H3. The summed E-state index contributed by atoms with van der Waals surface area (Å²) in [5, 5.41) is 1.04. The molecule has 3 rings (SSSR count). The third-order valence-corrected chi connectivity index (χ3v) is 3.72. The summed E-state index contributed by atoms with van der Waals surface area (Å²) >= 11 is 0. The number of anilines is 1. The molecule has 1 saturated heterocycles. The van der Waals surface area contributed by atoms with Gasteiger partial charge in [-0.1, -0.05) is 12.1 Å². The Balaban J connectivity index is 2.17. The first kappa shape index (κ1) is 11.9. The van der Waals surface area contributed by atoms with Crippen molar-refractivity contribution in [2.45, 2.75) is 13.3 Å². The van der Waals surface area contributed by atoms with Crippen LogP contribution in [0.15, 0.2) is 43.1 Å². The molecule has 1 unspecified atom stereocenters. The van der Waals surface area contributed by atoms with Crippen LogP contribution in [0.25, 0.3) is 10.9 Å². The monoisotopic (exact) mass is 252 g/mol. The Labute approximate surface area is 112 Å². The van der Waals surface area contributed by atoms with Crippen LogP contribution in [0.4, 0.5) is 5.69 Å². The van der Waals surface area contributed by atoms with Crippen molar-refractivity contribution in [2.75, 3.05) is 11.4 Å². The lowest BCUT2D eigenvalue weighted by atomic mass is 10.1. The van der Waals surface area contributed by atoms with Crippen molar-refractivity contribution in [2.24, 2.45) is 5.92 Å². The molecule has 0 spiro atoms. The van der Waals surface area contributed by atoms with Crippen molar-refractivity contribution in [3.8, 4) is 0 Å². The number of fused-ring (bicyclic) bond motifs is 1. The molecule has 2 heterocycles. The molecule has 3 nitrogen and oxygen atoms in total. The zero-order valence-electron chi connectivity index (χ0n) is 11.0. The highest BCUT2D eigenvalue weighted by atomic mass is 16.2. The van der Waals surface area contributed by atoms with Gasteiger partial charge >= 0.3 is 0 Å². The molecule has 19 heavy (non-hydrogen) atoms. The summed E-state index contributed by atoms with van der Waals surface area (Å²) in [6.45, 7) is 6.56. The number of pyridine rings is 1. The van der Waals surface area contributed by atoms with E-state index in [9.17, 15) is 4.79 Å². The van der Waals surface area contributed by atoms with Gasteiger partial charge in [-0.25, -0.2) is 0 Å². The first-order chi connectivity index (χ1) is 9.20. The molecule has 0 radical (unpaired) electrons. The van der Waals surface area contributed by atoms with Crippen molar-refractivity contribution in [1.29, 1.82) is 0 Å². The summed E-state index contributed by atoms with van der Waals surface area (Å²) in [7, 11) is 0. The van der Waals surface area contributed by atoms with Gasteiger partial charge < -0.3 is 4.90 Å². The smallest absolute Gasteiger partial charge is 0.227 e. The third kappa shape index (κ3) is 1.91. The third-order valence-electron chi connectivity index (χ3n) is 3.72. The molecule has 96 valence electrons. The number of carbonyl (C=O) groups is 1. The highest BCUT2D eigenvalue weighted by molar-refractivity contribution is 6.05. The summed E-state index contributed by atoms with van der Waals surface area (Å²) in [5.41, 5.74) is 3.04. The lowest BCUT2D eigenvalue weighted by Crippen LogP contribution is -2.25. The SMILES string of the molecule is C=CC1CC(=O)N(c2c(C)ccc3ncccc23)C1. The molecule has 0 saturated carbocycles. The average molecular weight is 252 g/mol. The molecule has 0 aliphatic carbocycles. The van der Waals surface area contributed by atoms with Crippen LogP contribution in [0.3, 0.4) is 0 Å². The Kier molecular flexibility index (Phi) is 2.82. The Morgan fingerprint density at radius 2 is 2.26 bits per heavy atom. The number of benzene rings is 1. The molecule has 1 aromatic heterocycles. The first-order valence-electron chi connectivity index (χ1n) is 6.48. The summed E-state index contributed by atoms with van der Waals surface area (Å²) in [5.74, 6) is 0.420. The topological polar surface area (TPSA) is 33.2 Å². The van der Waals surface area contributed by atoms with Gasteiger partial charge in [0.15, 0.2) is 0 Å². The second-order valence-corrected chi connectivity index (χ2v) is 5.01. The second kappa shape index (κ2) is 4.50. The van der Waals surface area contributed by atoms with E-state index < -0.39 is 0 Å². The van der Waals surface area contributed by atoms with Gasteiger partial charge in [0.1, 0.15) is 0 Å². The van der Waals surface area contributed by atoms with E-state index in [4.69, 9.17) is 0 Å². The maximum Gasteiger partial charge on any atom is 0.227 e. The van der Waals surface area contributed by atoms with Crippen molar-refractivity contribution in [3.05, 3.63) is 48.7 Å². The highest BCUT2D eigenvalue weighted by Crippen LogP contribution is 2.34. The highest BCUT2D eigenvalue weighted by Gasteiger charge is 2.30. The quantitative estimate of drug-likeness (QED) is 0.769. The zero-order valence-corrected chi connectivity index (χ0v) is 11.0. The number of hydrogen-bond acceptors (Lipinski definition) is 2. The van der Waals surface area contributed by atoms with Crippen LogP contribution in [-0.2, 0) is 4.79 Å². The van der Waals surface area contributed by atoms with Gasteiger partial charge in [0.2, 0.25) is 5.91 Å². The average Bonchev–Trinajstić information content (AvgIpc) is 2.80. The van der Waals surface area contributed by atoms with Crippen LogP contribution in [-0.4, -0.2) is 17.4 Å². The number of aryl methyl sites for hydroxylation is 1. The number of hydrogen-bond donors (Lipinski definition) is 0. The lowest BCUT2D eigenvalue weighted by Gasteiger charge is -2.20. The van der Waals surface area contributed by atoms with Crippen LogP contribution >= 0.6 is 0 Å². The second-order valence-electron chi connectivity index (χ2n) is 5.01. The summed E-state index contributed by atoms with van der Waals surface area (Å²) < 4.78 is 0. The molecule has 0 bridgehead atoms. The predicted molar refractivity (Wildman–Crippen MR) is 77.1 cm³/mol. The fraction of sp³-hybridized carbons (Fsp3) is 0.250. The maximum absolute atomic E-state index is 12.2. The predicted octanol–water partition coefficient (Wildman–Crippen LogP) is 3.08. The number of carbonyl (C=O) groups excluding carboxylic acids is 1. The van der Waals surface area contributed by atoms with E-state index >= 15 is 0 Å². The molecule has 1 aromatic carbocycles. The minimum absolute atomic E-state index is 0.171. The van der Waals surface area contributed by atoms with Crippen LogP contribution < -0.4 is 4.90 Å². The Hall–Kier alpha value is -2.16. The van der Waals surface area contributed by atoms with E-state index in [0.29, 0.717) is 6.42 Å². The minimum Gasteiger partial charge on any atom is -0.311 e. The Morgan fingerprint density at radius 3 is 3.00 bits per heavy atom. The number of aromatic nitrogens is 1. The molecule has 1 amide bonds. The fourth-order valence-electron chi connectivity index (χ4n) is 2.71. The molecule has 2 aromatic rings. The molecule has 1 atom stereocenters. The molecule has 1 fully saturated rings. The maximum atomic E-state index is 12.2. The van der Waals surface area contributed by atoms with Gasteiger partial charge in [-0.3, -0.25) is 9.78 Å². The molecule has 1 aliphatic heterocycles. The van der Waals surface area contributed by atoms with Gasteiger partial charge in [0, 0.05) is 30.5 Å². The number of nitrogens with zero attached hydrogens (tertiary/aromatic N) is 2. The zero-order chi connectivity index (χ0) is 13.4. The van der Waals surface area contributed by atoms with E-state index in [-0.39, 0.29) is 11.8 Å². The van der Waals surface area contributed by atoms with E-state index in [1.807, 2.05) is 42.2 Å². The lowest BCUT2D eigenvalue weighted by molar-refractivity contribution is -0.117. The number of amides is 1. The molecular formula is C16H16N2O. The van der Waals surface area contributed by atoms with Crippen molar-refractivity contribution in [1.82, 2.24) is 4.98 Å². The van der Waals surface area contributed by atoms with Gasteiger partial charge in [0.05, 0.1) is 11.2 Å². The largest absolute Gasteiger partial charge is 0.311 e. The van der Waals surface area contributed by atoms with Crippen molar-refractivity contribution in [3.63, 3.8) is 0 Å². The van der Waals surface area contributed by atoms with E-state index in [1.54, 1.807) is 6.20 Å². The molecule has 0 N–H and O–H groups in total. The summed E-state index contributed by atoms with van der Waals surface area (Å²) in [6.07, 6.45) is 4.20. The summed E-state index contributed by atoms with van der Waals surface area (Å²) in [4.78, 5) is 18.4. The van der Waals surface area contributed by atoms with Crippen LogP contribution in [0.5, 0.6) is 0 Å². The molecule has 3 heteroatoms.